The van der Waals surface area contributed by atoms with E-state index in [1.54, 1.807) is 19.1 Å². The maximum absolute atomic E-state index is 12.3. The molecule has 0 saturated carbocycles. The molecule has 0 spiro atoms. The van der Waals surface area contributed by atoms with Crippen LogP contribution in [-0.2, 0) is 27.5 Å². The molecule has 1 atom stereocenters. The molecule has 1 amide bonds. The van der Waals surface area contributed by atoms with Crippen molar-refractivity contribution in [2.24, 2.45) is 11.7 Å². The zero-order valence-electron chi connectivity index (χ0n) is 19.3. The number of nitrogens with two attached hydrogens (primary N) is 1. The van der Waals surface area contributed by atoms with Crippen LogP contribution in [0.15, 0.2) is 48.5 Å². The van der Waals surface area contributed by atoms with Gasteiger partial charge in [0.15, 0.2) is 6.29 Å². The number of carbonyl (C=O) groups excluding carboxylic acids is 1. The summed E-state index contributed by atoms with van der Waals surface area (Å²) in [5, 5.41) is 9.17. The molecule has 1 aliphatic rings. The van der Waals surface area contributed by atoms with Gasteiger partial charge in [-0.15, -0.1) is 0 Å². The molecular weight excluding hydrogens is 424 g/mol. The van der Waals surface area contributed by atoms with Gasteiger partial charge in [0.1, 0.15) is 17.5 Å². The summed E-state index contributed by atoms with van der Waals surface area (Å²) in [6.45, 7) is 1.59. The van der Waals surface area contributed by atoms with Crippen molar-refractivity contribution in [3.8, 4) is 11.5 Å². The van der Waals surface area contributed by atoms with Crippen molar-refractivity contribution in [3.05, 3.63) is 59.7 Å². The lowest BCUT2D eigenvalue weighted by molar-refractivity contribution is -0.193. The van der Waals surface area contributed by atoms with Crippen molar-refractivity contribution in [2.75, 3.05) is 33.9 Å². The fourth-order valence-corrected chi connectivity index (χ4v) is 3.83. The van der Waals surface area contributed by atoms with Crippen LogP contribution in [0.2, 0.25) is 0 Å². The molecular formula is C25H34N2O6. The highest BCUT2D eigenvalue weighted by Gasteiger charge is 2.31. The smallest absolute Gasteiger partial charge is 0.241 e. The number of benzene rings is 2. The number of hydrogen-bond donors (Lipinski definition) is 2. The number of aliphatic hydroxyl groups is 1. The van der Waals surface area contributed by atoms with Gasteiger partial charge in [-0.25, -0.2) is 0 Å². The molecule has 180 valence electrons. The summed E-state index contributed by atoms with van der Waals surface area (Å²) in [4.78, 5) is 14.0. The Labute approximate surface area is 195 Å². The Hall–Kier alpha value is -2.65. The van der Waals surface area contributed by atoms with Crippen LogP contribution in [0, 0.1) is 5.92 Å². The molecule has 1 unspecified atom stereocenters. The van der Waals surface area contributed by atoms with Crippen molar-refractivity contribution < 1.29 is 28.8 Å². The maximum atomic E-state index is 12.3. The van der Waals surface area contributed by atoms with Gasteiger partial charge in [-0.3, -0.25) is 4.79 Å². The summed E-state index contributed by atoms with van der Waals surface area (Å²) >= 11 is 0. The number of ether oxygens (including phenoxy) is 4. The predicted octanol–water partition coefficient (Wildman–Crippen LogP) is 2.32. The monoisotopic (exact) mass is 458 g/mol. The van der Waals surface area contributed by atoms with Gasteiger partial charge in [-0.2, -0.15) is 0 Å². The Morgan fingerprint density at radius 1 is 0.939 bits per heavy atom. The first-order valence-corrected chi connectivity index (χ1v) is 11.2. The van der Waals surface area contributed by atoms with Crippen LogP contribution in [0.25, 0.3) is 0 Å². The molecule has 2 aromatic carbocycles. The van der Waals surface area contributed by atoms with E-state index in [4.69, 9.17) is 24.7 Å². The third kappa shape index (κ3) is 7.17. The molecule has 8 nitrogen and oxygen atoms in total. The van der Waals surface area contributed by atoms with Gasteiger partial charge < -0.3 is 34.7 Å². The van der Waals surface area contributed by atoms with Gasteiger partial charge in [0.2, 0.25) is 5.91 Å². The van der Waals surface area contributed by atoms with Gasteiger partial charge in [0, 0.05) is 19.0 Å². The molecule has 0 radical (unpaired) electrons. The van der Waals surface area contributed by atoms with Gasteiger partial charge >= 0.3 is 0 Å². The molecule has 1 heterocycles. The van der Waals surface area contributed by atoms with E-state index >= 15 is 0 Å². The van der Waals surface area contributed by atoms with Crippen molar-refractivity contribution in [1.82, 2.24) is 4.90 Å². The zero-order chi connectivity index (χ0) is 23.6. The second-order valence-electron chi connectivity index (χ2n) is 8.14. The molecule has 1 aliphatic heterocycles. The first kappa shape index (κ1) is 25.0. The van der Waals surface area contributed by atoms with Crippen molar-refractivity contribution in [1.29, 1.82) is 0 Å². The van der Waals surface area contributed by atoms with Crippen LogP contribution in [0.4, 0.5) is 0 Å². The maximum Gasteiger partial charge on any atom is 0.241 e. The molecule has 1 fully saturated rings. The summed E-state index contributed by atoms with van der Waals surface area (Å²) in [6.07, 6.45) is 1.05. The lowest BCUT2D eigenvalue weighted by atomic mass is 9.95. The van der Waals surface area contributed by atoms with E-state index in [-0.39, 0.29) is 18.4 Å². The number of piperidine rings is 1. The van der Waals surface area contributed by atoms with Crippen LogP contribution in [0.1, 0.15) is 24.0 Å². The summed E-state index contributed by atoms with van der Waals surface area (Å²) < 4.78 is 22.9. The first-order valence-electron chi connectivity index (χ1n) is 11.2. The Kier molecular flexibility index (Phi) is 9.50. The van der Waals surface area contributed by atoms with E-state index in [0.717, 1.165) is 35.5 Å². The van der Waals surface area contributed by atoms with Gasteiger partial charge in [0.25, 0.3) is 0 Å². The van der Waals surface area contributed by atoms with E-state index in [0.29, 0.717) is 26.3 Å². The van der Waals surface area contributed by atoms with Crippen LogP contribution in [0.3, 0.4) is 0 Å². The number of likely N-dealkylation sites (tertiary alicyclic amines) is 1. The topological polar surface area (TPSA) is 103 Å². The molecule has 3 N–H and O–H groups in total. The van der Waals surface area contributed by atoms with Crippen molar-refractivity contribution in [2.45, 2.75) is 38.4 Å². The Bertz CT molecular complexity index is 799. The SMILES string of the molecule is COc1ccc(COC(OCc2ccc(OC)cc2)C2CCN(C(=O)C(N)CO)CC2)cc1. The van der Waals surface area contributed by atoms with Gasteiger partial charge in [-0.05, 0) is 48.2 Å². The molecule has 0 aliphatic carbocycles. The van der Waals surface area contributed by atoms with E-state index in [1.807, 2.05) is 48.5 Å². The quantitative estimate of drug-likeness (QED) is 0.498. The van der Waals surface area contributed by atoms with E-state index in [9.17, 15) is 9.90 Å². The molecule has 0 aromatic heterocycles. The normalized spacial score (nSPS) is 15.5. The molecule has 0 bridgehead atoms. The number of aliphatic hydroxyl groups excluding tert-OH is 1. The number of nitrogens with zero attached hydrogens (tertiary/aromatic N) is 1. The summed E-state index contributed by atoms with van der Waals surface area (Å²) in [7, 11) is 3.28. The standard InChI is InChI=1S/C25H34N2O6/c1-30-21-7-3-18(4-8-21)16-32-25(33-17-19-5-9-22(31-2)10-6-19)20-11-13-27(14-12-20)24(29)23(26)15-28/h3-10,20,23,25,28H,11-17,26H2,1-2H3. The predicted molar refractivity (Wildman–Crippen MR) is 124 cm³/mol. The molecule has 3 rings (SSSR count). The average molecular weight is 459 g/mol. The largest absolute Gasteiger partial charge is 0.497 e. The fourth-order valence-electron chi connectivity index (χ4n) is 3.83. The summed E-state index contributed by atoms with van der Waals surface area (Å²) in [5.74, 6) is 1.51. The van der Waals surface area contributed by atoms with E-state index in [1.165, 1.54) is 0 Å². The fraction of sp³-hybridized carbons (Fsp3) is 0.480. The lowest BCUT2D eigenvalue weighted by Gasteiger charge is -2.36. The highest BCUT2D eigenvalue weighted by Crippen LogP contribution is 2.26. The lowest BCUT2D eigenvalue weighted by Crippen LogP contribution is -2.50. The Balaban J connectivity index is 1.61. The van der Waals surface area contributed by atoms with Crippen molar-refractivity contribution >= 4 is 5.91 Å². The molecule has 8 heteroatoms. The van der Waals surface area contributed by atoms with E-state index < -0.39 is 12.3 Å². The van der Waals surface area contributed by atoms with E-state index in [2.05, 4.69) is 0 Å². The molecule has 33 heavy (non-hydrogen) atoms. The van der Waals surface area contributed by atoms with Gasteiger partial charge in [0.05, 0.1) is 34.0 Å². The second-order valence-corrected chi connectivity index (χ2v) is 8.14. The summed E-state index contributed by atoms with van der Waals surface area (Å²) in [6, 6.07) is 14.6. The van der Waals surface area contributed by atoms with Crippen LogP contribution >= 0.6 is 0 Å². The number of amides is 1. The third-order valence-electron chi connectivity index (χ3n) is 5.90. The van der Waals surface area contributed by atoms with Gasteiger partial charge in [-0.1, -0.05) is 24.3 Å². The number of rotatable bonds is 11. The average Bonchev–Trinajstić information content (AvgIpc) is 2.88. The molecule has 2 aromatic rings. The Morgan fingerprint density at radius 2 is 1.39 bits per heavy atom. The number of carbonyl (C=O) groups is 1. The molecule has 1 saturated heterocycles. The van der Waals surface area contributed by atoms with Crippen LogP contribution < -0.4 is 15.2 Å². The van der Waals surface area contributed by atoms with Crippen LogP contribution in [0.5, 0.6) is 11.5 Å². The number of hydrogen-bond acceptors (Lipinski definition) is 7. The minimum absolute atomic E-state index is 0.135. The highest BCUT2D eigenvalue weighted by molar-refractivity contribution is 5.81. The zero-order valence-corrected chi connectivity index (χ0v) is 19.3. The Morgan fingerprint density at radius 3 is 1.79 bits per heavy atom. The summed E-state index contributed by atoms with van der Waals surface area (Å²) in [5.41, 5.74) is 7.75. The second kappa shape index (κ2) is 12.6. The third-order valence-corrected chi connectivity index (χ3v) is 5.90. The first-order chi connectivity index (χ1) is 16.0. The number of methoxy groups -OCH3 is 2. The minimum atomic E-state index is -0.866. The highest BCUT2D eigenvalue weighted by atomic mass is 16.7. The van der Waals surface area contributed by atoms with Crippen LogP contribution in [-0.4, -0.2) is 62.2 Å². The van der Waals surface area contributed by atoms with Crippen molar-refractivity contribution in [3.63, 3.8) is 0 Å². The minimum Gasteiger partial charge on any atom is -0.497 e.